The predicted octanol–water partition coefficient (Wildman–Crippen LogP) is 4.89. The maximum atomic E-state index is 12.3. The molecule has 3 aromatic rings. The number of hydrogen-bond acceptors (Lipinski definition) is 4. The molecule has 1 aromatic heterocycles. The van der Waals surface area contributed by atoms with Gasteiger partial charge in [0.25, 0.3) is 0 Å². The van der Waals surface area contributed by atoms with Gasteiger partial charge in [0.05, 0.1) is 11.9 Å². The quantitative estimate of drug-likeness (QED) is 0.423. The molecule has 1 fully saturated rings. The van der Waals surface area contributed by atoms with Crippen molar-refractivity contribution >= 4 is 39.9 Å². The fourth-order valence-electron chi connectivity index (χ4n) is 4.96. The zero-order valence-corrected chi connectivity index (χ0v) is 20.8. The van der Waals surface area contributed by atoms with Crippen LogP contribution in [0, 0.1) is 0 Å². The molecular weight excluding hydrogens is 476 g/mol. The Bertz CT molecular complexity index is 1220. The number of fused-ring (bicyclic) bond motifs is 1. The Hall–Kier alpha value is -2.33. The molecule has 0 aliphatic heterocycles. The van der Waals surface area contributed by atoms with Crippen LogP contribution in [0.2, 0.25) is 5.02 Å². The molecule has 0 spiro atoms. The van der Waals surface area contributed by atoms with E-state index in [-0.39, 0.29) is 13.0 Å². The second kappa shape index (κ2) is 10.1. The maximum Gasteiger partial charge on any atom is 0.304 e. The molecule has 0 amide bonds. The van der Waals surface area contributed by atoms with E-state index in [1.54, 1.807) is 22.1 Å². The first kappa shape index (κ1) is 24.8. The first-order chi connectivity index (χ1) is 16.2. The van der Waals surface area contributed by atoms with Crippen LogP contribution in [0.15, 0.2) is 36.4 Å². The summed E-state index contributed by atoms with van der Waals surface area (Å²) in [5.74, 6) is -1.35. The number of benzene rings is 2. The smallest absolute Gasteiger partial charge is 0.304 e. The van der Waals surface area contributed by atoms with Crippen LogP contribution in [0.4, 0.5) is 0 Å². The third kappa shape index (κ3) is 5.17. The number of carboxylic acids is 1. The minimum atomic E-state index is -2.16. The molecular formula is C24H29ClN4O4S. The van der Waals surface area contributed by atoms with Gasteiger partial charge >= 0.3 is 5.97 Å². The first-order valence-corrected chi connectivity index (χ1v) is 12.8. The average molecular weight is 505 g/mol. The Morgan fingerprint density at radius 2 is 1.88 bits per heavy atom. The molecule has 4 rings (SSSR count). The topological polar surface area (TPSA) is 109 Å². The van der Waals surface area contributed by atoms with Gasteiger partial charge in [-0.3, -0.25) is 9.35 Å². The number of hydrogen-bond donors (Lipinski definition) is 2. The lowest BCUT2D eigenvalue weighted by molar-refractivity contribution is -0.137. The Labute approximate surface area is 206 Å². The lowest BCUT2D eigenvalue weighted by Crippen LogP contribution is -2.47. The number of aryl methyl sites for hydroxylation is 1. The molecule has 0 saturated heterocycles. The summed E-state index contributed by atoms with van der Waals surface area (Å²) in [6.45, 7) is 2.23. The fraction of sp³-hybridized carbons (Fsp3) is 0.458. The van der Waals surface area contributed by atoms with Gasteiger partial charge in [0.1, 0.15) is 5.52 Å². The van der Waals surface area contributed by atoms with Crippen LogP contribution < -0.4 is 0 Å². The molecule has 0 bridgehead atoms. The molecule has 2 aromatic carbocycles. The van der Waals surface area contributed by atoms with Crippen LogP contribution in [-0.2, 0) is 29.7 Å². The largest absolute Gasteiger partial charge is 0.481 e. The zero-order chi connectivity index (χ0) is 24.5. The van der Waals surface area contributed by atoms with Crippen molar-refractivity contribution in [3.8, 4) is 0 Å². The summed E-state index contributed by atoms with van der Waals surface area (Å²) in [5.41, 5.74) is 3.44. The van der Waals surface area contributed by atoms with Gasteiger partial charge in [0.15, 0.2) is 0 Å². The number of aliphatic carboxylic acids is 1. The minimum Gasteiger partial charge on any atom is -0.481 e. The van der Waals surface area contributed by atoms with E-state index in [0.29, 0.717) is 16.1 Å². The van der Waals surface area contributed by atoms with E-state index in [9.17, 15) is 18.7 Å². The van der Waals surface area contributed by atoms with Gasteiger partial charge in [-0.2, -0.15) is 4.31 Å². The van der Waals surface area contributed by atoms with Crippen molar-refractivity contribution in [2.75, 3.05) is 0 Å². The van der Waals surface area contributed by atoms with Gasteiger partial charge in [0.2, 0.25) is 11.3 Å². The number of carbonyl (C=O) groups is 1. The average Bonchev–Trinajstić information content (AvgIpc) is 3.17. The van der Waals surface area contributed by atoms with E-state index in [1.807, 2.05) is 37.3 Å². The molecule has 1 aliphatic rings. The molecule has 1 saturated carbocycles. The molecule has 1 heterocycles. The molecule has 10 heteroatoms. The van der Waals surface area contributed by atoms with E-state index in [4.69, 9.17) is 11.6 Å². The third-order valence-corrected chi connectivity index (χ3v) is 8.24. The van der Waals surface area contributed by atoms with Crippen molar-refractivity contribution in [3.63, 3.8) is 0 Å². The molecule has 182 valence electrons. The third-order valence-electron chi connectivity index (χ3n) is 6.92. The molecule has 8 nitrogen and oxygen atoms in total. The molecule has 2 atom stereocenters. The van der Waals surface area contributed by atoms with E-state index in [2.05, 4.69) is 10.3 Å². The van der Waals surface area contributed by atoms with Gasteiger partial charge in [-0.05, 0) is 54.7 Å². The molecule has 2 N–H and O–H groups in total. The predicted molar refractivity (Wildman–Crippen MR) is 132 cm³/mol. The highest BCUT2D eigenvalue weighted by molar-refractivity contribution is 7.76. The van der Waals surface area contributed by atoms with Crippen molar-refractivity contribution in [1.82, 2.24) is 19.3 Å². The van der Waals surface area contributed by atoms with Crippen LogP contribution in [0.25, 0.3) is 11.0 Å². The van der Waals surface area contributed by atoms with Crippen LogP contribution in [0.5, 0.6) is 0 Å². The number of carboxylic acid groups (broad SMARTS) is 1. The molecule has 1 aliphatic carbocycles. The van der Waals surface area contributed by atoms with Crippen molar-refractivity contribution in [2.45, 2.75) is 63.5 Å². The summed E-state index contributed by atoms with van der Waals surface area (Å²) in [5, 5.41) is 18.3. The van der Waals surface area contributed by atoms with E-state index >= 15 is 0 Å². The van der Waals surface area contributed by atoms with E-state index in [1.165, 1.54) is 0 Å². The highest BCUT2D eigenvalue weighted by atomic mass is 35.5. The van der Waals surface area contributed by atoms with Crippen molar-refractivity contribution in [2.24, 2.45) is 7.05 Å². The summed E-state index contributed by atoms with van der Waals surface area (Å²) < 4.78 is 25.7. The second-order valence-electron chi connectivity index (χ2n) is 9.29. The van der Waals surface area contributed by atoms with Gasteiger partial charge in [-0.25, -0.2) is 8.89 Å². The van der Waals surface area contributed by atoms with E-state index in [0.717, 1.165) is 48.7 Å². The number of rotatable bonds is 8. The second-order valence-corrected chi connectivity index (χ2v) is 10.6. The van der Waals surface area contributed by atoms with Gasteiger partial charge in [0, 0.05) is 30.1 Å². The normalized spacial score (nSPS) is 17.7. The summed E-state index contributed by atoms with van der Waals surface area (Å²) in [6, 6.07) is 11.1. The van der Waals surface area contributed by atoms with Gasteiger partial charge in [-0.15, -0.1) is 5.10 Å². The first-order valence-electron chi connectivity index (χ1n) is 11.4. The minimum absolute atomic E-state index is 0.111. The standard InChI is InChI=1S/C24H29ClN4O4S/c1-24(10-4-3-5-11-24)29(34(32)33)15-18-12-16(6-8-20(18)25)19(14-23(30)31)17-7-9-22-21(13-17)26-27-28(22)2/h6-9,12-13,19H,3-5,10-11,14-15H2,1-2H3,(H,30,31)(H,32,33). The summed E-state index contributed by atoms with van der Waals surface area (Å²) in [7, 11) is 1.80. The van der Waals surface area contributed by atoms with Crippen molar-refractivity contribution in [3.05, 3.63) is 58.1 Å². The van der Waals surface area contributed by atoms with E-state index < -0.39 is 28.7 Å². The van der Waals surface area contributed by atoms with Crippen molar-refractivity contribution < 1.29 is 18.7 Å². The summed E-state index contributed by atoms with van der Waals surface area (Å²) in [6.07, 6.45) is 4.74. The highest BCUT2D eigenvalue weighted by Crippen LogP contribution is 2.37. The van der Waals surface area contributed by atoms with Crippen LogP contribution in [-0.4, -0.2) is 44.7 Å². The Morgan fingerprint density at radius 3 is 2.56 bits per heavy atom. The monoisotopic (exact) mass is 504 g/mol. The fourth-order valence-corrected chi connectivity index (χ4v) is 5.95. The van der Waals surface area contributed by atoms with Crippen LogP contribution in [0.1, 0.15) is 68.1 Å². The maximum absolute atomic E-state index is 12.3. The number of nitrogens with zero attached hydrogens (tertiary/aromatic N) is 4. The Balaban J connectivity index is 1.70. The lowest BCUT2D eigenvalue weighted by atomic mass is 9.83. The summed E-state index contributed by atoms with van der Waals surface area (Å²) in [4.78, 5) is 11.8. The van der Waals surface area contributed by atoms with Crippen molar-refractivity contribution in [1.29, 1.82) is 0 Å². The van der Waals surface area contributed by atoms with Crippen LogP contribution >= 0.6 is 11.6 Å². The summed E-state index contributed by atoms with van der Waals surface area (Å²) >= 11 is 4.36. The Morgan fingerprint density at radius 1 is 1.21 bits per heavy atom. The SMILES string of the molecule is Cn1nnc2cc(C(CC(=O)O)c3ccc(Cl)c(CN(S(=O)O)C4(C)CCCCC4)c3)ccc21. The number of aromatic nitrogens is 3. The van der Waals surface area contributed by atoms with Gasteiger partial charge < -0.3 is 5.11 Å². The zero-order valence-electron chi connectivity index (χ0n) is 19.3. The highest BCUT2D eigenvalue weighted by Gasteiger charge is 2.37. The van der Waals surface area contributed by atoms with Gasteiger partial charge in [-0.1, -0.05) is 54.3 Å². The van der Waals surface area contributed by atoms with Crippen LogP contribution in [0.3, 0.4) is 0 Å². The molecule has 2 unspecified atom stereocenters. The molecule has 0 radical (unpaired) electrons. The Kier molecular flexibility index (Phi) is 7.37. The lowest BCUT2D eigenvalue weighted by Gasteiger charge is -2.41. The molecule has 34 heavy (non-hydrogen) atoms. The number of halogens is 1.